The van der Waals surface area contributed by atoms with E-state index in [1.807, 2.05) is 4.90 Å². The minimum atomic E-state index is -3.87. The van der Waals surface area contributed by atoms with Crippen LogP contribution in [0.3, 0.4) is 0 Å². The molecule has 1 saturated heterocycles. The average Bonchev–Trinajstić information content (AvgIpc) is 2.85. The number of hydrogen-bond donors (Lipinski definition) is 3. The van der Waals surface area contributed by atoms with Gasteiger partial charge in [0.2, 0.25) is 10.0 Å². The molecule has 1 heterocycles. The molecule has 0 aromatic heterocycles. The van der Waals surface area contributed by atoms with Crippen molar-refractivity contribution in [2.75, 3.05) is 30.8 Å². The zero-order chi connectivity index (χ0) is 15.6. The van der Waals surface area contributed by atoms with Gasteiger partial charge in [-0.2, -0.15) is 0 Å². The maximum Gasteiger partial charge on any atom is 0.407 e. The molecule has 2 rings (SSSR count). The molecule has 116 valence electrons. The van der Waals surface area contributed by atoms with Crippen molar-refractivity contribution in [1.29, 1.82) is 0 Å². The fourth-order valence-electron chi connectivity index (χ4n) is 2.34. The van der Waals surface area contributed by atoms with Gasteiger partial charge in [0.15, 0.2) is 0 Å². The van der Waals surface area contributed by atoms with Crippen LogP contribution in [0.1, 0.15) is 6.42 Å². The number of primary sulfonamides is 1. The second-order valence-corrected chi connectivity index (χ2v) is 6.37. The number of rotatable bonds is 3. The van der Waals surface area contributed by atoms with Crippen LogP contribution in [0.25, 0.3) is 0 Å². The summed E-state index contributed by atoms with van der Waals surface area (Å²) in [5, 5.41) is 7.92. The van der Waals surface area contributed by atoms with Gasteiger partial charge in [-0.25, -0.2) is 18.4 Å². The predicted molar refractivity (Wildman–Crippen MR) is 78.4 cm³/mol. The summed E-state index contributed by atoms with van der Waals surface area (Å²) in [6.45, 7) is 1.07. The zero-order valence-corrected chi connectivity index (χ0v) is 12.4. The number of benzene rings is 1. The highest BCUT2D eigenvalue weighted by Gasteiger charge is 2.27. The van der Waals surface area contributed by atoms with Gasteiger partial charge in [-0.3, -0.25) is 0 Å². The maximum atomic E-state index is 11.7. The molecule has 1 amide bonds. The third-order valence-electron chi connectivity index (χ3n) is 3.33. The molecule has 5 N–H and O–H groups in total. The number of methoxy groups -OCH3 is 1. The van der Waals surface area contributed by atoms with Gasteiger partial charge in [-0.05, 0) is 24.6 Å². The highest BCUT2D eigenvalue weighted by molar-refractivity contribution is 7.89. The Labute approximate surface area is 123 Å². The monoisotopic (exact) mass is 314 g/mol. The Balaban J connectivity index is 2.22. The van der Waals surface area contributed by atoms with Gasteiger partial charge in [-0.15, -0.1) is 0 Å². The molecule has 0 radical (unpaired) electrons. The van der Waals surface area contributed by atoms with Crippen molar-refractivity contribution in [3.63, 3.8) is 0 Å². The molecule has 8 nitrogen and oxygen atoms in total. The predicted octanol–water partition coefficient (Wildman–Crippen LogP) is -0.149. The van der Waals surface area contributed by atoms with Gasteiger partial charge < -0.3 is 20.7 Å². The van der Waals surface area contributed by atoms with Crippen LogP contribution in [-0.4, -0.2) is 40.8 Å². The largest absolute Gasteiger partial charge is 0.453 e. The summed E-state index contributed by atoms with van der Waals surface area (Å²) in [4.78, 5) is 13.0. The summed E-state index contributed by atoms with van der Waals surface area (Å²) >= 11 is 0. The van der Waals surface area contributed by atoms with Gasteiger partial charge in [0.1, 0.15) is 4.90 Å². The number of nitrogens with zero attached hydrogens (tertiary/aromatic N) is 1. The molecule has 21 heavy (non-hydrogen) atoms. The standard InChI is InChI=1S/C12H18N4O4S/c1-20-12(17)15-9-4-5-16(7-9)10-3-2-8(13)6-11(10)21(14,18)19/h2-3,6,9H,4-5,7,13H2,1H3,(H,15,17)(H2,14,18,19). The van der Waals surface area contributed by atoms with Crippen LogP contribution in [0, 0.1) is 0 Å². The molecule has 0 spiro atoms. The van der Waals surface area contributed by atoms with E-state index in [9.17, 15) is 13.2 Å². The Bertz CT molecular complexity index is 647. The number of carbonyl (C=O) groups is 1. The van der Waals surface area contributed by atoms with E-state index >= 15 is 0 Å². The first kappa shape index (κ1) is 15.4. The van der Waals surface area contributed by atoms with Crippen molar-refractivity contribution in [3.05, 3.63) is 18.2 Å². The Morgan fingerprint density at radius 1 is 1.48 bits per heavy atom. The highest BCUT2D eigenvalue weighted by atomic mass is 32.2. The molecule has 0 saturated carbocycles. The Kier molecular flexibility index (Phi) is 4.24. The van der Waals surface area contributed by atoms with Crippen molar-refractivity contribution in [1.82, 2.24) is 5.32 Å². The summed E-state index contributed by atoms with van der Waals surface area (Å²) in [6, 6.07) is 4.47. The fourth-order valence-corrected chi connectivity index (χ4v) is 3.13. The molecule has 1 aliphatic rings. The topological polar surface area (TPSA) is 128 Å². The van der Waals surface area contributed by atoms with Crippen LogP contribution >= 0.6 is 0 Å². The summed E-state index contributed by atoms with van der Waals surface area (Å²) in [5.41, 5.74) is 6.43. The SMILES string of the molecule is COC(=O)NC1CCN(c2ccc(N)cc2S(N)(=O)=O)C1. The van der Waals surface area contributed by atoms with Crippen LogP contribution in [0.4, 0.5) is 16.2 Å². The molecule has 1 atom stereocenters. The minimum absolute atomic E-state index is 0.0128. The minimum Gasteiger partial charge on any atom is -0.453 e. The molecule has 1 aromatic carbocycles. The van der Waals surface area contributed by atoms with E-state index in [2.05, 4.69) is 10.1 Å². The second-order valence-electron chi connectivity index (χ2n) is 4.84. The van der Waals surface area contributed by atoms with E-state index in [1.54, 1.807) is 12.1 Å². The summed E-state index contributed by atoms with van der Waals surface area (Å²) < 4.78 is 27.9. The van der Waals surface area contributed by atoms with E-state index in [0.29, 0.717) is 30.9 Å². The molecule has 1 fully saturated rings. The number of nitrogen functional groups attached to an aromatic ring is 1. The molecule has 1 aromatic rings. The fraction of sp³-hybridized carbons (Fsp3) is 0.417. The number of ether oxygens (including phenoxy) is 1. The van der Waals surface area contributed by atoms with Crippen molar-refractivity contribution in [3.8, 4) is 0 Å². The van der Waals surface area contributed by atoms with Crippen LogP contribution in [-0.2, 0) is 14.8 Å². The summed E-state index contributed by atoms with van der Waals surface area (Å²) in [5.74, 6) is 0. The Hall–Kier alpha value is -2.00. The number of carbonyl (C=O) groups excluding carboxylic acids is 1. The number of sulfonamides is 1. The van der Waals surface area contributed by atoms with Crippen LogP contribution < -0.4 is 21.1 Å². The Morgan fingerprint density at radius 3 is 2.81 bits per heavy atom. The van der Waals surface area contributed by atoms with E-state index < -0.39 is 16.1 Å². The Morgan fingerprint density at radius 2 is 2.19 bits per heavy atom. The molecule has 9 heteroatoms. The quantitative estimate of drug-likeness (QED) is 0.666. The van der Waals surface area contributed by atoms with Crippen LogP contribution in [0.15, 0.2) is 23.1 Å². The lowest BCUT2D eigenvalue weighted by Crippen LogP contribution is -2.37. The lowest BCUT2D eigenvalue weighted by molar-refractivity contribution is 0.167. The van der Waals surface area contributed by atoms with E-state index in [0.717, 1.165) is 0 Å². The maximum absolute atomic E-state index is 11.7. The third kappa shape index (κ3) is 3.56. The van der Waals surface area contributed by atoms with Crippen LogP contribution in [0.5, 0.6) is 0 Å². The number of nitrogens with one attached hydrogen (secondary N) is 1. The van der Waals surface area contributed by atoms with Gasteiger partial charge in [0, 0.05) is 18.8 Å². The summed E-state index contributed by atoms with van der Waals surface area (Å²) in [7, 11) is -2.58. The molecule has 0 bridgehead atoms. The van der Waals surface area contributed by atoms with Crippen molar-refractivity contribution in [2.24, 2.45) is 5.14 Å². The van der Waals surface area contributed by atoms with Gasteiger partial charge in [-0.1, -0.05) is 0 Å². The normalized spacial score (nSPS) is 18.6. The smallest absolute Gasteiger partial charge is 0.407 e. The number of amides is 1. The van der Waals surface area contributed by atoms with Crippen molar-refractivity contribution < 1.29 is 17.9 Å². The van der Waals surface area contributed by atoms with E-state index in [1.165, 1.54) is 13.2 Å². The highest BCUT2D eigenvalue weighted by Crippen LogP contribution is 2.29. The second kappa shape index (κ2) is 5.78. The number of nitrogens with two attached hydrogens (primary N) is 2. The first-order valence-corrected chi connectivity index (χ1v) is 7.87. The molecule has 1 unspecified atom stereocenters. The molecule has 1 aliphatic heterocycles. The number of alkyl carbamates (subject to hydrolysis) is 1. The van der Waals surface area contributed by atoms with Gasteiger partial charge in [0.05, 0.1) is 18.8 Å². The third-order valence-corrected chi connectivity index (χ3v) is 4.27. The first-order chi connectivity index (χ1) is 9.81. The number of hydrogen-bond acceptors (Lipinski definition) is 6. The van der Waals surface area contributed by atoms with Gasteiger partial charge in [0.25, 0.3) is 0 Å². The van der Waals surface area contributed by atoms with E-state index in [-0.39, 0.29) is 10.9 Å². The van der Waals surface area contributed by atoms with Crippen molar-refractivity contribution >= 4 is 27.5 Å². The number of anilines is 2. The molecular weight excluding hydrogens is 296 g/mol. The van der Waals surface area contributed by atoms with Crippen LogP contribution in [0.2, 0.25) is 0 Å². The van der Waals surface area contributed by atoms with Crippen molar-refractivity contribution in [2.45, 2.75) is 17.4 Å². The van der Waals surface area contributed by atoms with Gasteiger partial charge >= 0.3 is 6.09 Å². The lowest BCUT2D eigenvalue weighted by atomic mass is 10.2. The zero-order valence-electron chi connectivity index (χ0n) is 11.6. The first-order valence-electron chi connectivity index (χ1n) is 6.33. The molecule has 0 aliphatic carbocycles. The molecular formula is C12H18N4O4S. The average molecular weight is 314 g/mol. The van der Waals surface area contributed by atoms with E-state index in [4.69, 9.17) is 10.9 Å². The summed E-state index contributed by atoms with van der Waals surface area (Å²) in [6.07, 6.45) is 0.176. The lowest BCUT2D eigenvalue weighted by Gasteiger charge is -2.21.